The Morgan fingerprint density at radius 2 is 1.89 bits per heavy atom. The first-order valence-corrected chi connectivity index (χ1v) is 9.75. The van der Waals surface area contributed by atoms with E-state index in [9.17, 15) is 14.7 Å². The minimum absolute atomic E-state index is 0.108. The number of rotatable bonds is 2. The molecule has 7 nitrogen and oxygen atoms in total. The fourth-order valence-corrected chi connectivity index (χ4v) is 4.14. The molecule has 2 aromatic carbocycles. The summed E-state index contributed by atoms with van der Waals surface area (Å²) in [4.78, 5) is 26.0. The summed E-state index contributed by atoms with van der Waals surface area (Å²) in [6.45, 7) is 1.93. The van der Waals surface area contributed by atoms with E-state index in [4.69, 9.17) is 0 Å². The number of amidine groups is 1. The molecule has 9 heteroatoms. The first-order valence-electron chi connectivity index (χ1n) is 7.97. The van der Waals surface area contributed by atoms with Gasteiger partial charge in [-0.2, -0.15) is 0 Å². The van der Waals surface area contributed by atoms with Crippen molar-refractivity contribution in [3.63, 3.8) is 0 Å². The van der Waals surface area contributed by atoms with Crippen LogP contribution >= 0.6 is 27.7 Å². The zero-order valence-electron chi connectivity index (χ0n) is 14.1. The van der Waals surface area contributed by atoms with Crippen molar-refractivity contribution in [1.82, 2.24) is 0 Å². The third kappa shape index (κ3) is 3.13. The molecule has 1 fully saturated rings. The quantitative estimate of drug-likeness (QED) is 0.694. The average molecular weight is 445 g/mol. The van der Waals surface area contributed by atoms with Crippen LogP contribution in [0.1, 0.15) is 11.1 Å². The van der Waals surface area contributed by atoms with Gasteiger partial charge in [-0.3, -0.25) is 14.5 Å². The van der Waals surface area contributed by atoms with Crippen molar-refractivity contribution in [2.45, 2.75) is 6.92 Å². The van der Waals surface area contributed by atoms with E-state index < -0.39 is 0 Å². The smallest absolute Gasteiger partial charge is 0.276 e. The van der Waals surface area contributed by atoms with Crippen LogP contribution < -0.4 is 10.2 Å². The molecule has 0 saturated carbocycles. The molecule has 0 spiro atoms. The fourth-order valence-electron chi connectivity index (χ4n) is 2.79. The number of nitrogens with zero attached hydrogens (tertiary/aromatic N) is 3. The number of halogens is 1. The van der Waals surface area contributed by atoms with Crippen molar-refractivity contribution in [2.75, 3.05) is 16.0 Å². The van der Waals surface area contributed by atoms with Crippen molar-refractivity contribution >= 4 is 61.8 Å². The molecular formula is C18H13BrN4O3S. The van der Waals surface area contributed by atoms with Crippen molar-refractivity contribution in [3.8, 4) is 5.75 Å². The van der Waals surface area contributed by atoms with Crippen LogP contribution in [0.5, 0.6) is 5.75 Å². The molecule has 0 radical (unpaired) electrons. The molecule has 2 N–H and O–H groups in total. The number of aryl methyl sites for hydroxylation is 1. The maximum Gasteiger partial charge on any atom is 0.276 e. The van der Waals surface area contributed by atoms with E-state index in [0.29, 0.717) is 22.1 Å². The minimum atomic E-state index is -0.342. The molecule has 27 heavy (non-hydrogen) atoms. The van der Waals surface area contributed by atoms with Crippen molar-refractivity contribution in [3.05, 3.63) is 52.0 Å². The van der Waals surface area contributed by atoms with E-state index in [0.717, 1.165) is 10.0 Å². The normalized spacial score (nSPS) is 19.1. The topological polar surface area (TPSA) is 94.4 Å². The van der Waals surface area contributed by atoms with Crippen molar-refractivity contribution in [1.29, 1.82) is 0 Å². The predicted octanol–water partition coefficient (Wildman–Crippen LogP) is 3.26. The van der Waals surface area contributed by atoms with Gasteiger partial charge in [0.2, 0.25) is 5.91 Å². The van der Waals surface area contributed by atoms with Gasteiger partial charge >= 0.3 is 0 Å². The van der Waals surface area contributed by atoms with Gasteiger partial charge in [0.1, 0.15) is 5.75 Å². The molecule has 0 unspecified atom stereocenters. The second kappa shape index (κ2) is 6.82. The molecule has 2 aliphatic rings. The van der Waals surface area contributed by atoms with Gasteiger partial charge in [0, 0.05) is 10.0 Å². The molecule has 2 aliphatic heterocycles. The largest absolute Gasteiger partial charge is 0.508 e. The number of hydrogen-bond donors (Lipinski definition) is 2. The van der Waals surface area contributed by atoms with E-state index in [2.05, 4.69) is 31.4 Å². The molecule has 0 aliphatic carbocycles. The Bertz CT molecular complexity index is 1030. The van der Waals surface area contributed by atoms with E-state index in [1.54, 1.807) is 12.1 Å². The van der Waals surface area contributed by atoms with E-state index in [1.165, 1.54) is 28.8 Å². The number of nitrogens with one attached hydrogen (secondary N) is 1. The van der Waals surface area contributed by atoms with Gasteiger partial charge in [0.25, 0.3) is 5.91 Å². The number of fused-ring (bicyclic) bond motifs is 1. The van der Waals surface area contributed by atoms with Gasteiger partial charge in [0.05, 0.1) is 17.1 Å². The summed E-state index contributed by atoms with van der Waals surface area (Å²) in [7, 11) is 0. The van der Waals surface area contributed by atoms with E-state index in [-0.39, 0.29) is 29.0 Å². The number of aromatic hydroxyl groups is 1. The number of benzene rings is 2. The maximum atomic E-state index is 12.3. The first kappa shape index (κ1) is 17.7. The van der Waals surface area contributed by atoms with Gasteiger partial charge in [-0.25, -0.2) is 0 Å². The summed E-state index contributed by atoms with van der Waals surface area (Å²) in [6, 6.07) is 9.96. The molecule has 0 atom stereocenters. The summed E-state index contributed by atoms with van der Waals surface area (Å²) in [5.74, 6) is -0.142. The summed E-state index contributed by atoms with van der Waals surface area (Å²) in [5.41, 5.74) is 3.08. The fraction of sp³-hybridized carbons (Fsp3) is 0.111. The van der Waals surface area contributed by atoms with Crippen LogP contribution in [0.15, 0.2) is 51.1 Å². The van der Waals surface area contributed by atoms with Crippen LogP contribution in [0.25, 0.3) is 0 Å². The van der Waals surface area contributed by atoms with Crippen molar-refractivity contribution < 1.29 is 14.7 Å². The summed E-state index contributed by atoms with van der Waals surface area (Å²) < 4.78 is 0.780. The Labute approximate surface area is 167 Å². The molecule has 0 aromatic heterocycles. The Hall–Kier alpha value is -2.65. The standard InChI is InChI=1S/C18H13BrN4O3S/c1-9-2-7-12-14(15(9)19)16(17(26)20-12)21-22-18-23(13(25)8-27-18)10-3-5-11(24)6-4-10/h2-7,24H,8H2,1H3,(H,20,21,26)/b22-18-. The van der Waals surface area contributed by atoms with Gasteiger partial charge in [-0.05, 0) is 58.7 Å². The van der Waals surface area contributed by atoms with Crippen LogP contribution in [-0.4, -0.2) is 33.6 Å². The molecule has 1 saturated heterocycles. The summed E-state index contributed by atoms with van der Waals surface area (Å²) >= 11 is 4.75. The average Bonchev–Trinajstić information content (AvgIpc) is 3.17. The monoisotopic (exact) mass is 444 g/mol. The van der Waals surface area contributed by atoms with Gasteiger partial charge in [0.15, 0.2) is 10.9 Å². The lowest BCUT2D eigenvalue weighted by molar-refractivity contribution is -0.115. The van der Waals surface area contributed by atoms with Gasteiger partial charge in [-0.15, -0.1) is 10.2 Å². The highest BCUT2D eigenvalue weighted by molar-refractivity contribution is 9.10. The van der Waals surface area contributed by atoms with Crippen LogP contribution in [0.3, 0.4) is 0 Å². The molecular weight excluding hydrogens is 432 g/mol. The van der Waals surface area contributed by atoms with Crippen LogP contribution in [0.2, 0.25) is 0 Å². The van der Waals surface area contributed by atoms with Gasteiger partial charge < -0.3 is 10.4 Å². The Kier molecular flexibility index (Phi) is 4.48. The third-order valence-electron chi connectivity index (χ3n) is 4.14. The van der Waals surface area contributed by atoms with E-state index in [1.807, 2.05) is 19.1 Å². The number of carbonyl (C=O) groups is 2. The van der Waals surface area contributed by atoms with Crippen LogP contribution in [0, 0.1) is 6.92 Å². The summed E-state index contributed by atoms with van der Waals surface area (Å²) in [6.07, 6.45) is 0. The van der Waals surface area contributed by atoms with Crippen molar-refractivity contribution in [2.24, 2.45) is 10.2 Å². The molecule has 136 valence electrons. The molecule has 2 heterocycles. The SMILES string of the molecule is Cc1ccc2c(c1Br)/C(=N/N=C1\SCC(=O)N1c1ccc(O)cc1)C(=O)N2. The molecule has 2 amide bonds. The lowest BCUT2D eigenvalue weighted by atomic mass is 10.1. The number of thioether (sulfide) groups is 1. The summed E-state index contributed by atoms with van der Waals surface area (Å²) in [5, 5.41) is 20.9. The number of anilines is 2. The minimum Gasteiger partial charge on any atom is -0.508 e. The van der Waals surface area contributed by atoms with Crippen LogP contribution in [-0.2, 0) is 9.59 Å². The zero-order valence-corrected chi connectivity index (χ0v) is 16.5. The Balaban J connectivity index is 1.74. The van der Waals surface area contributed by atoms with Gasteiger partial charge in [-0.1, -0.05) is 17.8 Å². The predicted molar refractivity (Wildman–Crippen MR) is 110 cm³/mol. The number of amides is 2. The van der Waals surface area contributed by atoms with E-state index >= 15 is 0 Å². The highest BCUT2D eigenvalue weighted by Gasteiger charge is 2.32. The second-order valence-electron chi connectivity index (χ2n) is 5.94. The first-order chi connectivity index (χ1) is 13.0. The lowest BCUT2D eigenvalue weighted by Crippen LogP contribution is -2.29. The lowest BCUT2D eigenvalue weighted by Gasteiger charge is -2.15. The number of carbonyl (C=O) groups excluding carboxylic acids is 2. The maximum absolute atomic E-state index is 12.3. The molecule has 4 rings (SSSR count). The highest BCUT2D eigenvalue weighted by atomic mass is 79.9. The Morgan fingerprint density at radius 3 is 2.63 bits per heavy atom. The number of phenols is 1. The number of hydrogen-bond acceptors (Lipinski definition) is 6. The van der Waals surface area contributed by atoms with Crippen LogP contribution in [0.4, 0.5) is 11.4 Å². The second-order valence-corrected chi connectivity index (χ2v) is 7.67. The third-order valence-corrected chi connectivity index (χ3v) is 6.08. The number of phenolic OH excluding ortho intramolecular Hbond substituents is 1. The molecule has 2 aromatic rings. The zero-order chi connectivity index (χ0) is 19.1. The Morgan fingerprint density at radius 1 is 1.15 bits per heavy atom. The molecule has 0 bridgehead atoms. The highest BCUT2D eigenvalue weighted by Crippen LogP contribution is 2.33.